The molecule has 9 nitrogen and oxygen atoms in total. The number of aliphatic hydroxyl groups is 1. The molecule has 0 saturated carbocycles. The van der Waals surface area contributed by atoms with E-state index in [1.807, 2.05) is 6.07 Å². The van der Waals surface area contributed by atoms with E-state index in [-0.39, 0.29) is 12.2 Å². The Kier molecular flexibility index (Phi) is 10.9. The van der Waals surface area contributed by atoms with E-state index in [2.05, 4.69) is 108 Å². The Morgan fingerprint density at radius 2 is 1.72 bits per heavy atom. The van der Waals surface area contributed by atoms with Gasteiger partial charge in [0.05, 0.1) is 16.8 Å². The van der Waals surface area contributed by atoms with Crippen molar-refractivity contribution in [3.05, 3.63) is 46.4 Å². The molecule has 4 N–H and O–H groups in total. The number of aromatic nitrogens is 3. The van der Waals surface area contributed by atoms with Crippen LogP contribution in [0.3, 0.4) is 0 Å². The Hall–Kier alpha value is -3.39. The van der Waals surface area contributed by atoms with Gasteiger partial charge in [0.1, 0.15) is 13.7 Å². The van der Waals surface area contributed by atoms with Crippen LogP contribution in [-0.2, 0) is 0 Å². The van der Waals surface area contributed by atoms with Crippen molar-refractivity contribution in [2.45, 2.75) is 71.0 Å². The number of hydrogen-bond acceptors (Lipinski definition) is 8. The molecule has 3 aromatic rings. The number of aliphatic hydroxyl groups excluding tert-OH is 1. The molecule has 1 saturated heterocycles. The van der Waals surface area contributed by atoms with Crippen molar-refractivity contribution in [3.63, 3.8) is 0 Å². The Labute approximate surface area is 257 Å². The van der Waals surface area contributed by atoms with Crippen molar-refractivity contribution in [1.82, 2.24) is 19.9 Å². The highest BCUT2D eigenvalue weighted by molar-refractivity contribution is 6.90. The van der Waals surface area contributed by atoms with Crippen LogP contribution in [0.5, 0.6) is 0 Å². The van der Waals surface area contributed by atoms with Crippen LogP contribution >= 0.6 is 0 Å². The van der Waals surface area contributed by atoms with Gasteiger partial charge in [0, 0.05) is 62.8 Å². The molecule has 0 spiro atoms. The number of benzene rings is 1. The fourth-order valence-electron chi connectivity index (χ4n) is 6.48. The normalized spacial score (nSPS) is 14.4. The highest BCUT2D eigenvalue weighted by Gasteiger charge is 2.41. The van der Waals surface area contributed by atoms with Crippen LogP contribution in [-0.4, -0.2) is 79.4 Å². The first kappa shape index (κ1) is 32.5. The maximum absolute atomic E-state index is 12.7. The van der Waals surface area contributed by atoms with Gasteiger partial charge >= 0.3 is 0 Å². The van der Waals surface area contributed by atoms with Crippen LogP contribution in [0, 0.1) is 11.5 Å². The number of anilines is 4. The molecule has 232 valence electrons. The van der Waals surface area contributed by atoms with Gasteiger partial charge < -0.3 is 30.5 Å². The van der Waals surface area contributed by atoms with Gasteiger partial charge in [-0.25, -0.2) is 4.98 Å². The molecule has 0 aliphatic carbocycles. The molecule has 0 bridgehead atoms. The lowest BCUT2D eigenvalue weighted by Crippen LogP contribution is -2.44. The average Bonchev–Trinajstić information content (AvgIpc) is 2.95. The molecule has 0 amide bonds. The third-order valence-corrected chi connectivity index (χ3v) is 15.2. The molecule has 1 fully saturated rings. The lowest BCUT2D eigenvalue weighted by Gasteiger charge is -2.38. The number of likely N-dealkylation sites (N-methyl/N-ethyl adjacent to an activating group) is 1. The Balaban J connectivity index is 1.64. The summed E-state index contributed by atoms with van der Waals surface area (Å²) in [7, 11) is 0.187. The van der Waals surface area contributed by atoms with Gasteiger partial charge in [-0.1, -0.05) is 47.5 Å². The fourth-order valence-corrected chi connectivity index (χ4v) is 11.7. The molecule has 1 aromatic carbocycles. The van der Waals surface area contributed by atoms with Crippen LogP contribution in [0.25, 0.3) is 11.0 Å². The minimum Gasteiger partial charge on any atom is -0.396 e. The second-order valence-electron chi connectivity index (χ2n) is 12.7. The number of hydrogen-bond donors (Lipinski definition) is 4. The summed E-state index contributed by atoms with van der Waals surface area (Å²) >= 11 is 0. The van der Waals surface area contributed by atoms with Crippen molar-refractivity contribution >= 4 is 42.1 Å². The van der Waals surface area contributed by atoms with E-state index in [4.69, 9.17) is 0 Å². The molecule has 10 heteroatoms. The quantitative estimate of drug-likeness (QED) is 0.128. The minimum atomic E-state index is -1.97. The number of piperazine rings is 1. The zero-order valence-electron chi connectivity index (χ0n) is 26.9. The summed E-state index contributed by atoms with van der Waals surface area (Å²) in [6.45, 7) is 18.7. The number of fused-ring (bicyclic) bond motifs is 1. The molecular formula is C33H49N7O2Si. The lowest BCUT2D eigenvalue weighted by molar-refractivity contribution is 0.286. The second kappa shape index (κ2) is 14.4. The van der Waals surface area contributed by atoms with Crippen molar-refractivity contribution in [3.8, 4) is 11.5 Å². The first-order valence-corrected chi connectivity index (χ1v) is 17.9. The van der Waals surface area contributed by atoms with E-state index in [1.165, 1.54) is 5.69 Å². The minimum absolute atomic E-state index is 0.194. The maximum atomic E-state index is 12.7. The second-order valence-corrected chi connectivity index (χ2v) is 18.2. The van der Waals surface area contributed by atoms with E-state index in [0.717, 1.165) is 62.3 Å². The van der Waals surface area contributed by atoms with Gasteiger partial charge in [-0.15, -0.1) is 5.54 Å². The molecule has 43 heavy (non-hydrogen) atoms. The third kappa shape index (κ3) is 7.58. The summed E-state index contributed by atoms with van der Waals surface area (Å²) < 4.78 is 0. The maximum Gasteiger partial charge on any atom is 0.250 e. The number of rotatable bonds is 11. The molecular weight excluding hydrogens is 554 g/mol. The molecule has 4 rings (SSSR count). The van der Waals surface area contributed by atoms with Crippen LogP contribution in [0.2, 0.25) is 16.6 Å². The first-order chi connectivity index (χ1) is 20.5. The summed E-state index contributed by atoms with van der Waals surface area (Å²) in [5, 5.41) is 16.9. The molecule has 1 aliphatic rings. The van der Waals surface area contributed by atoms with E-state index >= 15 is 0 Å². The molecule has 0 unspecified atom stereocenters. The molecule has 0 atom stereocenters. The SMILES string of the molecule is CC(C)[Si](C#Cc1cc(=O)[nH]c2nc(Nc3ccc(N4CCN(C)CC4)c(NCCCCO)c3)ncc12)(C(C)C)C(C)C. The topological polar surface area (TPSA) is 109 Å². The van der Waals surface area contributed by atoms with Gasteiger partial charge in [0.2, 0.25) is 5.95 Å². The molecule has 3 heterocycles. The van der Waals surface area contributed by atoms with Crippen molar-refractivity contribution in [1.29, 1.82) is 0 Å². The summed E-state index contributed by atoms with van der Waals surface area (Å²) in [6.07, 6.45) is 3.40. The van der Waals surface area contributed by atoms with Gasteiger partial charge in [0.25, 0.3) is 5.56 Å². The van der Waals surface area contributed by atoms with Crippen LogP contribution < -0.4 is 21.1 Å². The van der Waals surface area contributed by atoms with E-state index < -0.39 is 8.07 Å². The highest BCUT2D eigenvalue weighted by atomic mass is 28.3. The molecule has 2 aromatic heterocycles. The fraction of sp³-hybridized carbons (Fsp3) is 0.545. The summed E-state index contributed by atoms with van der Waals surface area (Å²) in [6, 6.07) is 7.82. The highest BCUT2D eigenvalue weighted by Crippen LogP contribution is 2.41. The van der Waals surface area contributed by atoms with E-state index in [1.54, 1.807) is 12.3 Å². The largest absolute Gasteiger partial charge is 0.396 e. The summed E-state index contributed by atoms with van der Waals surface area (Å²) in [4.78, 5) is 29.6. The van der Waals surface area contributed by atoms with Crippen LogP contribution in [0.1, 0.15) is 59.9 Å². The predicted molar refractivity (Wildman–Crippen MR) is 182 cm³/mol. The number of nitrogens with zero attached hydrogens (tertiary/aromatic N) is 4. The molecule has 0 radical (unpaired) electrons. The first-order valence-electron chi connectivity index (χ1n) is 15.7. The Morgan fingerprint density at radius 1 is 1.02 bits per heavy atom. The van der Waals surface area contributed by atoms with Gasteiger partial charge in [-0.05, 0) is 54.7 Å². The monoisotopic (exact) mass is 603 g/mol. The number of nitrogens with one attached hydrogen (secondary N) is 3. The van der Waals surface area contributed by atoms with Crippen molar-refractivity contribution in [2.24, 2.45) is 0 Å². The summed E-state index contributed by atoms with van der Waals surface area (Å²) in [5.41, 5.74) is 9.19. The number of unbranched alkanes of at least 4 members (excludes halogenated alkanes) is 1. The Bertz CT molecular complexity index is 1480. The average molecular weight is 604 g/mol. The van der Waals surface area contributed by atoms with Crippen LogP contribution in [0.4, 0.5) is 23.0 Å². The van der Waals surface area contributed by atoms with Crippen molar-refractivity contribution in [2.75, 3.05) is 61.9 Å². The summed E-state index contributed by atoms with van der Waals surface area (Å²) in [5.74, 6) is 3.82. The standard InChI is InChI=1S/C33H49N7O2Si/c1-23(2)43(24(3)4,25(5)6)19-12-26-20-31(42)37-32-28(26)22-35-33(38-32)36-27-10-11-30(40-16-14-39(7)15-17-40)29(21-27)34-13-8-9-18-41/h10-11,20-25,34,41H,8-9,13-18H2,1-7H3,(H2,35,36,37,38,42). The Morgan fingerprint density at radius 3 is 2.37 bits per heavy atom. The third-order valence-electron chi connectivity index (χ3n) is 8.87. The van der Waals surface area contributed by atoms with Gasteiger partial charge in [0.15, 0.2) is 0 Å². The van der Waals surface area contributed by atoms with Crippen molar-refractivity contribution < 1.29 is 5.11 Å². The van der Waals surface area contributed by atoms with Gasteiger partial charge in [-0.3, -0.25) is 4.79 Å². The zero-order chi connectivity index (χ0) is 31.1. The molecule has 1 aliphatic heterocycles. The van der Waals surface area contributed by atoms with E-state index in [9.17, 15) is 9.90 Å². The van der Waals surface area contributed by atoms with Gasteiger partial charge in [-0.2, -0.15) is 4.98 Å². The number of H-pyrrole nitrogens is 1. The number of aromatic amines is 1. The smallest absolute Gasteiger partial charge is 0.250 e. The zero-order valence-corrected chi connectivity index (χ0v) is 27.9. The predicted octanol–water partition coefficient (Wildman–Crippen LogP) is 5.57. The lowest BCUT2D eigenvalue weighted by atomic mass is 10.2. The van der Waals surface area contributed by atoms with E-state index in [0.29, 0.717) is 33.8 Å². The van der Waals surface area contributed by atoms with Crippen LogP contribution in [0.15, 0.2) is 35.3 Å². The number of pyridine rings is 1.